The quantitative estimate of drug-likeness (QED) is 0.161. The van der Waals surface area contributed by atoms with Crippen LogP contribution < -0.4 is 0 Å². The summed E-state index contributed by atoms with van der Waals surface area (Å²) in [6.07, 6.45) is 5.68. The Balaban J connectivity index is 0.912. The van der Waals surface area contributed by atoms with Gasteiger partial charge in [-0.1, -0.05) is 170 Å². The van der Waals surface area contributed by atoms with Crippen LogP contribution in [0.3, 0.4) is 0 Å². The Bertz CT molecular complexity index is 3420. The Morgan fingerprint density at radius 1 is 0.371 bits per heavy atom. The molecule has 292 valence electrons. The van der Waals surface area contributed by atoms with E-state index in [1.807, 2.05) is 60.7 Å². The van der Waals surface area contributed by atoms with Crippen molar-refractivity contribution in [1.82, 2.24) is 24.1 Å². The molecule has 0 radical (unpaired) electrons. The van der Waals surface area contributed by atoms with E-state index in [4.69, 9.17) is 15.0 Å². The summed E-state index contributed by atoms with van der Waals surface area (Å²) in [5.74, 6) is 2.20. The molecule has 0 aliphatic heterocycles. The highest BCUT2D eigenvalue weighted by Gasteiger charge is 2.24. The summed E-state index contributed by atoms with van der Waals surface area (Å²) < 4.78 is 4.85. The molecule has 3 aromatic heterocycles. The molecular formula is C57H39N5. The molecule has 1 unspecified atom stereocenters. The van der Waals surface area contributed by atoms with Crippen molar-refractivity contribution in [1.29, 1.82) is 0 Å². The van der Waals surface area contributed by atoms with E-state index in [9.17, 15) is 0 Å². The molecule has 0 saturated carbocycles. The zero-order valence-electron chi connectivity index (χ0n) is 33.8. The minimum absolute atomic E-state index is 0.247. The fourth-order valence-corrected chi connectivity index (χ4v) is 9.37. The van der Waals surface area contributed by atoms with Gasteiger partial charge in [-0.25, -0.2) is 15.0 Å². The molecule has 5 nitrogen and oxygen atoms in total. The Morgan fingerprint density at radius 3 is 1.56 bits per heavy atom. The SMILES string of the molecule is C1=CC(c2cccc(-n3c4ccccc4c4ccc(-c5ccc(-c6nc(-c7ccccc7)nc(-c7ccccc7)n6)cc5)cc43)c2)Cc2c1n(-c1ccccc1)c1ccccc21. The Kier molecular flexibility index (Phi) is 8.56. The van der Waals surface area contributed by atoms with Crippen LogP contribution in [0.4, 0.5) is 0 Å². The first kappa shape index (κ1) is 35.8. The highest BCUT2D eigenvalue weighted by atomic mass is 15.0. The van der Waals surface area contributed by atoms with Crippen LogP contribution in [-0.4, -0.2) is 24.1 Å². The summed E-state index contributed by atoms with van der Waals surface area (Å²) in [6.45, 7) is 0. The molecule has 5 heteroatoms. The lowest BCUT2D eigenvalue weighted by atomic mass is 9.86. The van der Waals surface area contributed by atoms with Crippen LogP contribution in [0.25, 0.3) is 95.5 Å². The molecule has 11 aromatic rings. The van der Waals surface area contributed by atoms with E-state index in [0.717, 1.165) is 39.9 Å². The van der Waals surface area contributed by atoms with Crippen molar-refractivity contribution < 1.29 is 0 Å². The van der Waals surface area contributed by atoms with Gasteiger partial charge < -0.3 is 9.13 Å². The van der Waals surface area contributed by atoms with E-state index in [0.29, 0.717) is 17.5 Å². The Morgan fingerprint density at radius 2 is 0.887 bits per heavy atom. The van der Waals surface area contributed by atoms with Gasteiger partial charge in [0.15, 0.2) is 17.5 Å². The van der Waals surface area contributed by atoms with Crippen molar-refractivity contribution in [2.24, 2.45) is 0 Å². The molecule has 0 N–H and O–H groups in total. The number of hydrogen-bond donors (Lipinski definition) is 0. The number of fused-ring (bicyclic) bond motifs is 6. The maximum atomic E-state index is 4.96. The van der Waals surface area contributed by atoms with Gasteiger partial charge >= 0.3 is 0 Å². The fourth-order valence-electron chi connectivity index (χ4n) is 9.37. The summed E-state index contributed by atoms with van der Waals surface area (Å²) in [5, 5.41) is 3.79. The largest absolute Gasteiger partial charge is 0.310 e. The van der Waals surface area contributed by atoms with Crippen LogP contribution in [0.2, 0.25) is 0 Å². The maximum Gasteiger partial charge on any atom is 0.164 e. The van der Waals surface area contributed by atoms with Crippen LogP contribution in [-0.2, 0) is 6.42 Å². The molecule has 0 bridgehead atoms. The molecule has 0 saturated heterocycles. The monoisotopic (exact) mass is 793 g/mol. The van der Waals surface area contributed by atoms with Gasteiger partial charge in [0.05, 0.1) is 16.6 Å². The van der Waals surface area contributed by atoms with Crippen LogP contribution in [0.5, 0.6) is 0 Å². The molecular weight excluding hydrogens is 755 g/mol. The summed E-state index contributed by atoms with van der Waals surface area (Å²) >= 11 is 0. The molecule has 1 aliphatic carbocycles. The second-order valence-electron chi connectivity index (χ2n) is 16.0. The average Bonchev–Trinajstić information content (AvgIpc) is 3.87. The maximum absolute atomic E-state index is 4.96. The van der Waals surface area contributed by atoms with Gasteiger partial charge in [-0.05, 0) is 77.2 Å². The topological polar surface area (TPSA) is 48.5 Å². The normalized spacial score (nSPS) is 13.5. The Labute approximate surface area is 359 Å². The predicted molar refractivity (Wildman–Crippen MR) is 255 cm³/mol. The van der Waals surface area contributed by atoms with Gasteiger partial charge in [0, 0.05) is 55.8 Å². The molecule has 62 heavy (non-hydrogen) atoms. The van der Waals surface area contributed by atoms with E-state index in [2.05, 4.69) is 167 Å². The van der Waals surface area contributed by atoms with E-state index in [1.165, 1.54) is 55.2 Å². The van der Waals surface area contributed by atoms with Crippen LogP contribution in [0, 0.1) is 0 Å². The Hall–Kier alpha value is -8.15. The number of para-hydroxylation sites is 3. The van der Waals surface area contributed by atoms with Crippen molar-refractivity contribution in [2.75, 3.05) is 0 Å². The molecule has 1 atom stereocenters. The zero-order chi connectivity index (χ0) is 41.0. The van der Waals surface area contributed by atoms with Gasteiger partial charge in [-0.2, -0.15) is 0 Å². The first-order valence-corrected chi connectivity index (χ1v) is 21.2. The molecule has 8 aromatic carbocycles. The smallest absolute Gasteiger partial charge is 0.164 e. The van der Waals surface area contributed by atoms with Crippen LogP contribution in [0.1, 0.15) is 22.7 Å². The summed E-state index contributed by atoms with van der Waals surface area (Å²) in [6, 6.07) is 73.1. The third-order valence-corrected chi connectivity index (χ3v) is 12.4. The molecule has 1 aliphatic rings. The number of rotatable bonds is 7. The molecule has 0 amide bonds. The van der Waals surface area contributed by atoms with E-state index >= 15 is 0 Å². The number of hydrogen-bond acceptors (Lipinski definition) is 3. The summed E-state index contributed by atoms with van der Waals surface area (Å²) in [4.78, 5) is 14.8. The standard InChI is InChI=1S/C57H39N5/c1-4-15-39(16-5-1)55-58-56(40-17-6-2-7-18-40)60-57(59-55)41-29-27-38(28-30-41)44-31-33-49-47-23-10-12-25-51(47)62(54(49)37-44)46-22-14-19-42(35-46)43-32-34-53-50(36-43)48-24-11-13-26-52(48)61(53)45-20-8-3-9-21-45/h1-35,37,43H,36H2. The van der Waals surface area contributed by atoms with E-state index in [-0.39, 0.29) is 5.92 Å². The molecule has 0 fully saturated rings. The average molecular weight is 794 g/mol. The highest BCUT2D eigenvalue weighted by molar-refractivity contribution is 6.10. The van der Waals surface area contributed by atoms with Crippen LogP contribution in [0.15, 0.2) is 212 Å². The minimum atomic E-state index is 0.247. The summed E-state index contributed by atoms with van der Waals surface area (Å²) in [5.41, 5.74) is 15.1. The minimum Gasteiger partial charge on any atom is -0.310 e. The second-order valence-corrected chi connectivity index (χ2v) is 16.0. The first-order chi connectivity index (χ1) is 30.7. The fraction of sp³-hybridized carbons (Fsp3) is 0.0351. The van der Waals surface area contributed by atoms with Crippen LogP contribution >= 0.6 is 0 Å². The van der Waals surface area contributed by atoms with Crippen molar-refractivity contribution in [2.45, 2.75) is 12.3 Å². The number of benzene rings is 8. The van der Waals surface area contributed by atoms with Gasteiger partial charge in [-0.15, -0.1) is 0 Å². The molecule has 12 rings (SSSR count). The van der Waals surface area contributed by atoms with Crippen molar-refractivity contribution in [3.63, 3.8) is 0 Å². The summed E-state index contributed by atoms with van der Waals surface area (Å²) in [7, 11) is 0. The van der Waals surface area contributed by atoms with Gasteiger partial charge in [0.1, 0.15) is 0 Å². The number of nitrogens with zero attached hydrogens (tertiary/aromatic N) is 5. The zero-order valence-corrected chi connectivity index (χ0v) is 33.8. The lowest BCUT2D eigenvalue weighted by molar-refractivity contribution is 0.824. The highest BCUT2D eigenvalue weighted by Crippen LogP contribution is 2.40. The predicted octanol–water partition coefficient (Wildman–Crippen LogP) is 13.9. The first-order valence-electron chi connectivity index (χ1n) is 21.2. The van der Waals surface area contributed by atoms with Crippen molar-refractivity contribution >= 4 is 38.8 Å². The third-order valence-electron chi connectivity index (χ3n) is 12.4. The molecule has 3 heterocycles. The number of allylic oxidation sites excluding steroid dienone is 1. The number of aromatic nitrogens is 5. The third kappa shape index (κ3) is 6.13. The van der Waals surface area contributed by atoms with E-state index in [1.54, 1.807) is 0 Å². The lowest BCUT2D eigenvalue weighted by Crippen LogP contribution is -2.08. The molecule has 0 spiro atoms. The van der Waals surface area contributed by atoms with Crippen molar-refractivity contribution in [3.8, 4) is 56.7 Å². The van der Waals surface area contributed by atoms with Gasteiger partial charge in [0.2, 0.25) is 0 Å². The second kappa shape index (κ2) is 14.8. The lowest BCUT2D eigenvalue weighted by Gasteiger charge is -2.20. The van der Waals surface area contributed by atoms with E-state index < -0.39 is 0 Å². The van der Waals surface area contributed by atoms with Crippen molar-refractivity contribution in [3.05, 3.63) is 229 Å². The van der Waals surface area contributed by atoms with Gasteiger partial charge in [-0.3, -0.25) is 0 Å². The van der Waals surface area contributed by atoms with Gasteiger partial charge in [0.25, 0.3) is 0 Å².